The molecule has 272 valence electrons. The van der Waals surface area contributed by atoms with Gasteiger partial charge in [-0.15, -0.1) is 0 Å². The molecule has 4 nitrogen and oxygen atoms in total. The molecule has 0 atom stereocenters. The van der Waals surface area contributed by atoms with Crippen LogP contribution in [0.25, 0.3) is 93.6 Å². The standard InChI is InChI=1S/C54H34N2O2/c1-3-14-35(15-4-1)36-26-28-39(29-27-36)55(41-30-31-43-42-20-7-10-23-48(42)56(49(43)33-41)38-17-5-2-6-18-38)40-19-13-16-37(32-40)46-34-47-44-21-8-11-24-50(44)57-53(47)54-52(46)45-22-9-12-25-51(45)58-54/h1-34H. The van der Waals surface area contributed by atoms with Gasteiger partial charge in [-0.05, 0) is 95.1 Å². The SMILES string of the molecule is c1ccc(-c2ccc(N(c3cccc(-c4cc5c6ccccc6oc5c5oc6ccccc6c45)c3)c3ccc4c5ccccc5n(-c5ccccc5)c4c3)cc2)cc1. The van der Waals surface area contributed by atoms with E-state index in [2.05, 4.69) is 191 Å². The molecule has 3 aromatic heterocycles. The number of para-hydroxylation sites is 4. The van der Waals surface area contributed by atoms with Crippen LogP contribution in [-0.2, 0) is 0 Å². The number of hydrogen-bond donors (Lipinski definition) is 0. The van der Waals surface area contributed by atoms with E-state index in [0.29, 0.717) is 0 Å². The predicted molar refractivity (Wildman–Crippen MR) is 241 cm³/mol. The predicted octanol–water partition coefficient (Wildman–Crippen LogP) is 15.4. The molecule has 0 fully saturated rings. The van der Waals surface area contributed by atoms with Gasteiger partial charge in [-0.3, -0.25) is 0 Å². The van der Waals surface area contributed by atoms with Gasteiger partial charge < -0.3 is 18.3 Å². The van der Waals surface area contributed by atoms with Crippen LogP contribution in [0.15, 0.2) is 215 Å². The second-order valence-electron chi connectivity index (χ2n) is 14.9. The van der Waals surface area contributed by atoms with Crippen molar-refractivity contribution in [2.75, 3.05) is 4.90 Å². The van der Waals surface area contributed by atoms with Crippen molar-refractivity contribution in [1.82, 2.24) is 4.57 Å². The van der Waals surface area contributed by atoms with E-state index >= 15 is 0 Å². The van der Waals surface area contributed by atoms with E-state index in [0.717, 1.165) is 83.3 Å². The van der Waals surface area contributed by atoms with Crippen molar-refractivity contribution in [2.24, 2.45) is 0 Å². The van der Waals surface area contributed by atoms with Crippen LogP contribution in [0.5, 0.6) is 0 Å². The van der Waals surface area contributed by atoms with Crippen molar-refractivity contribution in [3.8, 4) is 27.9 Å². The minimum atomic E-state index is 0.767. The van der Waals surface area contributed by atoms with Crippen molar-refractivity contribution in [1.29, 1.82) is 0 Å². The zero-order valence-corrected chi connectivity index (χ0v) is 31.3. The largest absolute Gasteiger partial charge is 0.452 e. The Morgan fingerprint density at radius 1 is 0.345 bits per heavy atom. The fourth-order valence-corrected chi connectivity index (χ4v) is 8.94. The Morgan fingerprint density at radius 2 is 0.931 bits per heavy atom. The summed E-state index contributed by atoms with van der Waals surface area (Å²) in [4.78, 5) is 2.38. The number of furan rings is 2. The second kappa shape index (κ2) is 12.9. The average Bonchev–Trinajstić information content (AvgIpc) is 3.97. The lowest BCUT2D eigenvalue weighted by atomic mass is 9.96. The van der Waals surface area contributed by atoms with Gasteiger partial charge in [0.1, 0.15) is 11.2 Å². The summed E-state index contributed by atoms with van der Waals surface area (Å²) in [5.41, 5.74) is 14.4. The van der Waals surface area contributed by atoms with Gasteiger partial charge in [0.05, 0.1) is 11.0 Å². The second-order valence-corrected chi connectivity index (χ2v) is 14.9. The fourth-order valence-electron chi connectivity index (χ4n) is 8.94. The minimum absolute atomic E-state index is 0.767. The zero-order chi connectivity index (χ0) is 38.2. The summed E-state index contributed by atoms with van der Waals surface area (Å²) in [6.07, 6.45) is 0. The van der Waals surface area contributed by atoms with Crippen LogP contribution in [0.1, 0.15) is 0 Å². The molecule has 0 unspecified atom stereocenters. The topological polar surface area (TPSA) is 34.5 Å². The van der Waals surface area contributed by atoms with Crippen molar-refractivity contribution >= 4 is 82.7 Å². The first-order valence-electron chi connectivity index (χ1n) is 19.7. The maximum absolute atomic E-state index is 6.63. The number of rotatable bonds is 6. The lowest BCUT2D eigenvalue weighted by molar-refractivity contribution is 0.633. The van der Waals surface area contributed by atoms with E-state index in [-0.39, 0.29) is 0 Å². The fraction of sp³-hybridized carbons (Fsp3) is 0. The summed E-state index contributed by atoms with van der Waals surface area (Å²) in [7, 11) is 0. The Kier molecular flexibility index (Phi) is 7.20. The van der Waals surface area contributed by atoms with E-state index < -0.39 is 0 Å². The third-order valence-electron chi connectivity index (χ3n) is 11.6. The van der Waals surface area contributed by atoms with Crippen molar-refractivity contribution < 1.29 is 8.83 Å². The molecule has 0 aliphatic carbocycles. The van der Waals surface area contributed by atoms with Crippen molar-refractivity contribution in [3.05, 3.63) is 206 Å². The molecule has 12 aromatic rings. The summed E-state index contributed by atoms with van der Waals surface area (Å²) in [5, 5.41) is 6.66. The van der Waals surface area contributed by atoms with E-state index in [9.17, 15) is 0 Å². The third kappa shape index (κ3) is 5.02. The molecular weight excluding hydrogens is 709 g/mol. The summed E-state index contributed by atoms with van der Waals surface area (Å²) in [6.45, 7) is 0. The molecule has 0 aliphatic heterocycles. The van der Waals surface area contributed by atoms with E-state index in [1.807, 2.05) is 24.3 Å². The Balaban J connectivity index is 1.10. The molecule has 0 spiro atoms. The lowest BCUT2D eigenvalue weighted by Gasteiger charge is -2.26. The van der Waals surface area contributed by atoms with Crippen LogP contribution >= 0.6 is 0 Å². The monoisotopic (exact) mass is 742 g/mol. The van der Waals surface area contributed by atoms with E-state index in [1.54, 1.807) is 0 Å². The van der Waals surface area contributed by atoms with Gasteiger partial charge in [-0.1, -0.05) is 133 Å². The first-order chi connectivity index (χ1) is 28.8. The average molecular weight is 743 g/mol. The molecule has 0 radical (unpaired) electrons. The molecule has 0 bridgehead atoms. The molecule has 0 aliphatic rings. The quantitative estimate of drug-likeness (QED) is 0.170. The molecule has 0 amide bonds. The molecule has 0 N–H and O–H groups in total. The number of fused-ring (bicyclic) bond motifs is 10. The molecule has 9 aromatic carbocycles. The molecule has 58 heavy (non-hydrogen) atoms. The number of aromatic nitrogens is 1. The van der Waals surface area contributed by atoms with Gasteiger partial charge in [0, 0.05) is 55.1 Å². The molecule has 4 heteroatoms. The van der Waals surface area contributed by atoms with Crippen molar-refractivity contribution in [2.45, 2.75) is 0 Å². The Morgan fingerprint density at radius 3 is 1.74 bits per heavy atom. The van der Waals surface area contributed by atoms with E-state index in [4.69, 9.17) is 8.83 Å². The maximum Gasteiger partial charge on any atom is 0.179 e. The number of nitrogens with zero attached hydrogens (tertiary/aromatic N) is 2. The summed E-state index contributed by atoms with van der Waals surface area (Å²) < 4.78 is 15.5. The molecule has 0 saturated carbocycles. The first-order valence-corrected chi connectivity index (χ1v) is 19.7. The maximum atomic E-state index is 6.63. The zero-order valence-electron chi connectivity index (χ0n) is 31.3. The van der Waals surface area contributed by atoms with Crippen LogP contribution in [0.2, 0.25) is 0 Å². The van der Waals surface area contributed by atoms with Gasteiger partial charge in [0.2, 0.25) is 0 Å². The Hall–Kier alpha value is -7.82. The molecule has 12 rings (SSSR count). The highest BCUT2D eigenvalue weighted by molar-refractivity contribution is 6.24. The van der Waals surface area contributed by atoms with Gasteiger partial charge >= 0.3 is 0 Å². The van der Waals surface area contributed by atoms with Crippen LogP contribution in [-0.4, -0.2) is 4.57 Å². The van der Waals surface area contributed by atoms with E-state index in [1.165, 1.54) is 27.4 Å². The lowest BCUT2D eigenvalue weighted by Crippen LogP contribution is -2.10. The van der Waals surface area contributed by atoms with Crippen LogP contribution in [0, 0.1) is 0 Å². The van der Waals surface area contributed by atoms with Gasteiger partial charge in [0.15, 0.2) is 11.2 Å². The first kappa shape index (κ1) is 32.4. The summed E-state index contributed by atoms with van der Waals surface area (Å²) in [6, 6.07) is 73.4. The summed E-state index contributed by atoms with van der Waals surface area (Å²) in [5.74, 6) is 0. The van der Waals surface area contributed by atoms with Crippen LogP contribution in [0.4, 0.5) is 17.1 Å². The third-order valence-corrected chi connectivity index (χ3v) is 11.6. The normalized spacial score (nSPS) is 11.8. The molecule has 3 heterocycles. The van der Waals surface area contributed by atoms with Gasteiger partial charge in [-0.25, -0.2) is 0 Å². The van der Waals surface area contributed by atoms with Gasteiger partial charge in [-0.2, -0.15) is 0 Å². The highest BCUT2D eigenvalue weighted by Gasteiger charge is 2.22. The number of benzene rings is 9. The number of hydrogen-bond acceptors (Lipinski definition) is 3. The number of anilines is 3. The summed E-state index contributed by atoms with van der Waals surface area (Å²) >= 11 is 0. The highest BCUT2D eigenvalue weighted by Crippen LogP contribution is 2.46. The van der Waals surface area contributed by atoms with Crippen LogP contribution < -0.4 is 4.90 Å². The smallest absolute Gasteiger partial charge is 0.179 e. The molecular formula is C54H34N2O2. The molecule has 0 saturated heterocycles. The minimum Gasteiger partial charge on any atom is -0.452 e. The van der Waals surface area contributed by atoms with Gasteiger partial charge in [0.25, 0.3) is 0 Å². The van der Waals surface area contributed by atoms with Crippen molar-refractivity contribution in [3.63, 3.8) is 0 Å². The van der Waals surface area contributed by atoms with Crippen LogP contribution in [0.3, 0.4) is 0 Å². The highest BCUT2D eigenvalue weighted by atomic mass is 16.4. The Bertz CT molecular complexity index is 3500. The Labute approximate surface area is 334 Å².